The van der Waals surface area contributed by atoms with Gasteiger partial charge in [0.1, 0.15) is 11.4 Å². The van der Waals surface area contributed by atoms with Crippen LogP contribution in [0.5, 0.6) is 5.75 Å². The molecule has 0 radical (unpaired) electrons. The number of carbonyl (C=O) groups excluding carboxylic acids is 1. The molecule has 0 spiro atoms. The Morgan fingerprint density at radius 2 is 2.00 bits per heavy atom. The van der Waals surface area contributed by atoms with Crippen molar-refractivity contribution in [2.45, 2.75) is 64.8 Å². The maximum Gasteiger partial charge on any atom is 0.407 e. The zero-order valence-electron chi connectivity index (χ0n) is 14.9. The summed E-state index contributed by atoms with van der Waals surface area (Å²) in [5.41, 5.74) is 1.83. The van der Waals surface area contributed by atoms with E-state index in [4.69, 9.17) is 9.47 Å². The summed E-state index contributed by atoms with van der Waals surface area (Å²) in [5.74, 6) is 0.891. The van der Waals surface area contributed by atoms with Crippen molar-refractivity contribution in [1.29, 1.82) is 0 Å². The second kappa shape index (κ2) is 6.79. The van der Waals surface area contributed by atoms with Gasteiger partial charge in [0, 0.05) is 23.7 Å². The summed E-state index contributed by atoms with van der Waals surface area (Å²) >= 11 is 0. The van der Waals surface area contributed by atoms with Gasteiger partial charge >= 0.3 is 6.09 Å². The van der Waals surface area contributed by atoms with E-state index in [0.717, 1.165) is 17.7 Å². The summed E-state index contributed by atoms with van der Waals surface area (Å²) in [6, 6.07) is 6.76. The minimum absolute atomic E-state index is 0.128. The van der Waals surface area contributed by atoms with E-state index in [0.29, 0.717) is 0 Å². The van der Waals surface area contributed by atoms with Crippen molar-refractivity contribution in [3.63, 3.8) is 0 Å². The highest BCUT2D eigenvalue weighted by Crippen LogP contribution is 2.30. The fraction of sp³-hybridized carbons (Fsp3) is 0.611. The zero-order chi connectivity index (χ0) is 17.2. The molecule has 1 aliphatic carbocycles. The third-order valence-electron chi connectivity index (χ3n) is 3.81. The van der Waals surface area contributed by atoms with Crippen molar-refractivity contribution < 1.29 is 14.3 Å². The molecule has 2 N–H and O–H groups in total. The molecule has 1 fully saturated rings. The number of amides is 1. The second-order valence-electron chi connectivity index (χ2n) is 7.23. The normalized spacial score (nSPS) is 21.5. The summed E-state index contributed by atoms with van der Waals surface area (Å²) in [5, 5.41) is 6.43. The van der Waals surface area contributed by atoms with Crippen LogP contribution in [-0.4, -0.2) is 30.9 Å². The minimum atomic E-state index is -0.468. The first kappa shape index (κ1) is 17.6. The van der Waals surface area contributed by atoms with Gasteiger partial charge in [0.05, 0.1) is 7.11 Å². The molecule has 0 aliphatic heterocycles. The van der Waals surface area contributed by atoms with Crippen LogP contribution in [0.1, 0.15) is 51.3 Å². The van der Waals surface area contributed by atoms with E-state index in [2.05, 4.69) is 29.7 Å². The SMILES string of the molecule is COc1cc(C)ccc1C(C)NC1CC1NC(=O)OC(C)(C)C. The third-order valence-corrected chi connectivity index (χ3v) is 3.81. The lowest BCUT2D eigenvalue weighted by molar-refractivity contribution is 0.0522. The number of aryl methyl sites for hydroxylation is 1. The Labute approximate surface area is 138 Å². The Kier molecular flexibility index (Phi) is 5.19. The molecular weight excluding hydrogens is 292 g/mol. The van der Waals surface area contributed by atoms with Gasteiger partial charge in [-0.3, -0.25) is 0 Å². The molecule has 128 valence electrons. The van der Waals surface area contributed by atoms with Crippen LogP contribution in [0.15, 0.2) is 18.2 Å². The number of alkyl carbamates (subject to hydrolysis) is 1. The van der Waals surface area contributed by atoms with E-state index in [-0.39, 0.29) is 24.2 Å². The molecule has 3 unspecified atom stereocenters. The highest BCUT2D eigenvalue weighted by atomic mass is 16.6. The van der Waals surface area contributed by atoms with Gasteiger partial charge < -0.3 is 20.1 Å². The first-order valence-corrected chi connectivity index (χ1v) is 8.09. The monoisotopic (exact) mass is 320 g/mol. The number of hydrogen-bond acceptors (Lipinski definition) is 4. The fourth-order valence-electron chi connectivity index (χ4n) is 2.58. The largest absolute Gasteiger partial charge is 0.496 e. The van der Waals surface area contributed by atoms with Gasteiger partial charge in [-0.15, -0.1) is 0 Å². The molecule has 0 saturated heterocycles. The number of rotatable bonds is 5. The van der Waals surface area contributed by atoms with Crippen LogP contribution in [0.2, 0.25) is 0 Å². The predicted molar refractivity (Wildman–Crippen MR) is 90.8 cm³/mol. The number of carbonyl (C=O) groups is 1. The number of methoxy groups -OCH3 is 1. The minimum Gasteiger partial charge on any atom is -0.496 e. The van der Waals surface area contributed by atoms with Crippen LogP contribution in [0, 0.1) is 6.92 Å². The van der Waals surface area contributed by atoms with Crippen LogP contribution in [0.25, 0.3) is 0 Å². The summed E-state index contributed by atoms with van der Waals surface area (Å²) < 4.78 is 10.7. The molecule has 1 aliphatic rings. The highest BCUT2D eigenvalue weighted by Gasteiger charge is 2.40. The van der Waals surface area contributed by atoms with Gasteiger partial charge in [-0.05, 0) is 52.7 Å². The van der Waals surface area contributed by atoms with E-state index >= 15 is 0 Å². The highest BCUT2D eigenvalue weighted by molar-refractivity contribution is 5.68. The summed E-state index contributed by atoms with van der Waals surface area (Å²) in [6.07, 6.45) is 0.560. The molecule has 1 aromatic carbocycles. The molecule has 5 heteroatoms. The molecule has 23 heavy (non-hydrogen) atoms. The van der Waals surface area contributed by atoms with Gasteiger partial charge in [-0.25, -0.2) is 4.79 Å². The molecule has 0 heterocycles. The molecule has 3 atom stereocenters. The van der Waals surface area contributed by atoms with Crippen molar-refractivity contribution >= 4 is 6.09 Å². The van der Waals surface area contributed by atoms with Crippen molar-refractivity contribution in [3.8, 4) is 5.75 Å². The van der Waals surface area contributed by atoms with Gasteiger partial charge in [0.25, 0.3) is 0 Å². The number of hydrogen-bond donors (Lipinski definition) is 2. The van der Waals surface area contributed by atoms with Crippen molar-refractivity contribution in [3.05, 3.63) is 29.3 Å². The lowest BCUT2D eigenvalue weighted by atomic mass is 10.0. The maximum atomic E-state index is 11.8. The topological polar surface area (TPSA) is 59.6 Å². The van der Waals surface area contributed by atoms with Crippen LogP contribution >= 0.6 is 0 Å². The van der Waals surface area contributed by atoms with Gasteiger partial charge in [0.2, 0.25) is 0 Å². The van der Waals surface area contributed by atoms with Crippen molar-refractivity contribution in [2.75, 3.05) is 7.11 Å². The smallest absolute Gasteiger partial charge is 0.407 e. The Hall–Kier alpha value is -1.75. The Morgan fingerprint density at radius 3 is 2.61 bits per heavy atom. The molecule has 1 aromatic rings. The van der Waals surface area contributed by atoms with Crippen molar-refractivity contribution in [2.24, 2.45) is 0 Å². The maximum absolute atomic E-state index is 11.8. The lowest BCUT2D eigenvalue weighted by Crippen LogP contribution is -2.37. The summed E-state index contributed by atoms with van der Waals surface area (Å²) in [7, 11) is 1.69. The molecule has 1 amide bonds. The second-order valence-corrected chi connectivity index (χ2v) is 7.23. The fourth-order valence-corrected chi connectivity index (χ4v) is 2.58. The van der Waals surface area contributed by atoms with Gasteiger partial charge in [0.15, 0.2) is 0 Å². The standard InChI is InChI=1S/C18H28N2O3/c1-11-7-8-13(16(9-11)22-6)12(2)19-14-10-15(14)20-17(21)23-18(3,4)5/h7-9,12,14-15,19H,10H2,1-6H3,(H,20,21). The Morgan fingerprint density at radius 1 is 1.30 bits per heavy atom. The molecule has 5 nitrogen and oxygen atoms in total. The molecule has 2 rings (SSSR count). The Balaban J connectivity index is 1.86. The quantitative estimate of drug-likeness (QED) is 0.874. The molecule has 1 saturated carbocycles. The number of nitrogens with one attached hydrogen (secondary N) is 2. The summed E-state index contributed by atoms with van der Waals surface area (Å²) in [4.78, 5) is 11.8. The van der Waals surface area contributed by atoms with Crippen molar-refractivity contribution in [1.82, 2.24) is 10.6 Å². The van der Waals surface area contributed by atoms with Gasteiger partial charge in [-0.2, -0.15) is 0 Å². The van der Waals surface area contributed by atoms with Crippen LogP contribution in [0.4, 0.5) is 4.79 Å². The van der Waals surface area contributed by atoms with Gasteiger partial charge in [-0.1, -0.05) is 12.1 Å². The van der Waals surface area contributed by atoms with E-state index in [1.165, 1.54) is 5.56 Å². The predicted octanol–water partition coefficient (Wildman–Crippen LogP) is 3.32. The Bertz CT molecular complexity index is 566. The summed E-state index contributed by atoms with van der Waals surface area (Å²) in [6.45, 7) is 9.74. The van der Waals surface area contributed by atoms with E-state index < -0.39 is 5.60 Å². The van der Waals surface area contributed by atoms with Crippen LogP contribution < -0.4 is 15.4 Å². The van der Waals surface area contributed by atoms with E-state index in [1.807, 2.05) is 33.8 Å². The van der Waals surface area contributed by atoms with E-state index in [1.54, 1.807) is 7.11 Å². The molecular formula is C18H28N2O3. The average Bonchev–Trinajstić information content (AvgIpc) is 3.13. The lowest BCUT2D eigenvalue weighted by Gasteiger charge is -2.20. The van der Waals surface area contributed by atoms with E-state index in [9.17, 15) is 4.79 Å². The van der Waals surface area contributed by atoms with Crippen LogP contribution in [-0.2, 0) is 4.74 Å². The number of benzene rings is 1. The third kappa shape index (κ3) is 5.13. The molecule has 0 aromatic heterocycles. The first-order valence-electron chi connectivity index (χ1n) is 8.09. The molecule has 0 bridgehead atoms. The first-order chi connectivity index (χ1) is 10.7. The zero-order valence-corrected chi connectivity index (χ0v) is 14.9. The average molecular weight is 320 g/mol. The van der Waals surface area contributed by atoms with Crippen LogP contribution in [0.3, 0.4) is 0 Å². The number of ether oxygens (including phenoxy) is 2.